The average molecular weight is 359 g/mol. The van der Waals surface area contributed by atoms with Crippen molar-refractivity contribution in [3.8, 4) is 0 Å². The normalized spacial score (nSPS) is 14.6. The number of carbonyl (C=O) groups is 2. The summed E-state index contributed by atoms with van der Waals surface area (Å²) in [6.45, 7) is 1.39. The first-order valence-corrected chi connectivity index (χ1v) is 6.96. The Kier molecular flexibility index (Phi) is 4.57. The van der Waals surface area contributed by atoms with E-state index >= 15 is 0 Å². The van der Waals surface area contributed by atoms with Crippen LogP contribution in [0.3, 0.4) is 0 Å². The fourth-order valence-corrected chi connectivity index (χ4v) is 2.50. The third kappa shape index (κ3) is 3.22. The number of rotatable bonds is 3. The first-order chi connectivity index (χ1) is 8.68. The van der Waals surface area contributed by atoms with E-state index in [0.29, 0.717) is 5.56 Å². The molecule has 1 amide bonds. The minimum absolute atomic E-state index is 0.105. The number of esters is 1. The number of amides is 1. The fourth-order valence-electron chi connectivity index (χ4n) is 1.89. The predicted molar refractivity (Wildman–Crippen MR) is 75.3 cm³/mol. The first kappa shape index (κ1) is 13.3. The van der Waals surface area contributed by atoms with Crippen LogP contribution in [0.4, 0.5) is 0 Å². The van der Waals surface area contributed by atoms with Crippen LogP contribution in [0.2, 0.25) is 0 Å². The van der Waals surface area contributed by atoms with Gasteiger partial charge in [0.1, 0.15) is 0 Å². The van der Waals surface area contributed by atoms with Gasteiger partial charge in [-0.05, 0) is 47.6 Å². The van der Waals surface area contributed by atoms with Gasteiger partial charge in [0.15, 0.2) is 6.61 Å². The van der Waals surface area contributed by atoms with Crippen LogP contribution >= 0.6 is 22.6 Å². The Morgan fingerprint density at radius 1 is 1.22 bits per heavy atom. The molecule has 0 N–H and O–H groups in total. The van der Waals surface area contributed by atoms with Crippen LogP contribution in [0.15, 0.2) is 24.3 Å². The monoisotopic (exact) mass is 359 g/mol. The standard InChI is InChI=1S/C13H14INO3/c14-11-6-2-1-5-10(11)13(17)18-9-12(16)15-7-3-4-8-15/h1-2,5-6H,3-4,7-9H2. The van der Waals surface area contributed by atoms with E-state index in [1.165, 1.54) is 0 Å². The zero-order chi connectivity index (χ0) is 13.0. The number of halogens is 1. The Morgan fingerprint density at radius 2 is 1.89 bits per heavy atom. The van der Waals surface area contributed by atoms with Gasteiger partial charge < -0.3 is 9.64 Å². The summed E-state index contributed by atoms with van der Waals surface area (Å²) in [5, 5.41) is 0. The molecule has 0 atom stereocenters. The number of carbonyl (C=O) groups excluding carboxylic acids is 2. The molecule has 0 saturated carbocycles. The van der Waals surface area contributed by atoms with E-state index in [-0.39, 0.29) is 12.5 Å². The van der Waals surface area contributed by atoms with Crippen LogP contribution in [-0.4, -0.2) is 36.5 Å². The van der Waals surface area contributed by atoms with Crippen LogP contribution in [0.25, 0.3) is 0 Å². The van der Waals surface area contributed by atoms with Crippen molar-refractivity contribution in [3.63, 3.8) is 0 Å². The van der Waals surface area contributed by atoms with Gasteiger partial charge in [0.2, 0.25) is 0 Å². The smallest absolute Gasteiger partial charge is 0.339 e. The SMILES string of the molecule is O=C(OCC(=O)N1CCCC1)c1ccccc1I. The van der Waals surface area contributed by atoms with Crippen molar-refractivity contribution in [1.82, 2.24) is 4.90 Å². The summed E-state index contributed by atoms with van der Waals surface area (Å²) in [7, 11) is 0. The molecule has 0 spiro atoms. The summed E-state index contributed by atoms with van der Waals surface area (Å²) < 4.78 is 5.88. The summed E-state index contributed by atoms with van der Waals surface area (Å²) in [5.41, 5.74) is 0.507. The molecule has 96 valence electrons. The van der Waals surface area contributed by atoms with Crippen molar-refractivity contribution in [2.24, 2.45) is 0 Å². The van der Waals surface area contributed by atoms with Gasteiger partial charge in [-0.25, -0.2) is 4.79 Å². The lowest BCUT2D eigenvalue weighted by molar-refractivity contribution is -0.133. The molecule has 1 aliphatic rings. The molecule has 1 aromatic rings. The molecule has 1 aromatic carbocycles. The van der Waals surface area contributed by atoms with Gasteiger partial charge in [-0.2, -0.15) is 0 Å². The van der Waals surface area contributed by atoms with E-state index in [9.17, 15) is 9.59 Å². The van der Waals surface area contributed by atoms with E-state index in [1.54, 1.807) is 17.0 Å². The Morgan fingerprint density at radius 3 is 2.56 bits per heavy atom. The summed E-state index contributed by atoms with van der Waals surface area (Å²) in [6.07, 6.45) is 2.08. The zero-order valence-electron chi connectivity index (χ0n) is 9.89. The molecular formula is C13H14INO3. The Hall–Kier alpha value is -1.11. The van der Waals surface area contributed by atoms with E-state index in [1.807, 2.05) is 12.1 Å². The summed E-state index contributed by atoms with van der Waals surface area (Å²) in [6, 6.07) is 7.17. The lowest BCUT2D eigenvalue weighted by atomic mass is 10.2. The van der Waals surface area contributed by atoms with Crippen molar-refractivity contribution < 1.29 is 14.3 Å². The first-order valence-electron chi connectivity index (χ1n) is 5.88. The predicted octanol–water partition coefficient (Wildman–Crippen LogP) is 2.07. The summed E-state index contributed by atoms with van der Waals surface area (Å²) in [5.74, 6) is -0.542. The molecule has 4 nitrogen and oxygen atoms in total. The molecule has 0 unspecified atom stereocenters. The maximum atomic E-state index is 11.8. The molecule has 0 bridgehead atoms. The molecule has 1 fully saturated rings. The van der Waals surface area contributed by atoms with Crippen molar-refractivity contribution in [2.45, 2.75) is 12.8 Å². The van der Waals surface area contributed by atoms with E-state index in [0.717, 1.165) is 29.5 Å². The maximum Gasteiger partial charge on any atom is 0.339 e. The van der Waals surface area contributed by atoms with Crippen molar-refractivity contribution in [2.75, 3.05) is 19.7 Å². The van der Waals surface area contributed by atoms with E-state index < -0.39 is 5.97 Å². The highest BCUT2D eigenvalue weighted by molar-refractivity contribution is 14.1. The van der Waals surface area contributed by atoms with Gasteiger partial charge in [0.05, 0.1) is 5.56 Å². The number of nitrogens with zero attached hydrogens (tertiary/aromatic N) is 1. The van der Waals surface area contributed by atoms with Crippen LogP contribution in [0, 0.1) is 3.57 Å². The number of ether oxygens (including phenoxy) is 1. The van der Waals surface area contributed by atoms with Gasteiger partial charge in [-0.3, -0.25) is 4.79 Å². The topological polar surface area (TPSA) is 46.6 Å². The van der Waals surface area contributed by atoms with Gasteiger partial charge in [0, 0.05) is 16.7 Å². The van der Waals surface area contributed by atoms with Gasteiger partial charge in [-0.1, -0.05) is 12.1 Å². The van der Waals surface area contributed by atoms with E-state index in [2.05, 4.69) is 22.6 Å². The second kappa shape index (κ2) is 6.17. The second-order valence-corrected chi connectivity index (χ2v) is 5.31. The third-order valence-corrected chi connectivity index (χ3v) is 3.82. The largest absolute Gasteiger partial charge is 0.452 e. The number of hydrogen-bond donors (Lipinski definition) is 0. The third-order valence-electron chi connectivity index (χ3n) is 2.88. The fraction of sp³-hybridized carbons (Fsp3) is 0.385. The van der Waals surface area contributed by atoms with Gasteiger partial charge in [-0.15, -0.1) is 0 Å². The molecule has 1 aliphatic heterocycles. The summed E-state index contributed by atoms with van der Waals surface area (Å²) in [4.78, 5) is 25.2. The van der Waals surface area contributed by atoms with Crippen molar-refractivity contribution >= 4 is 34.5 Å². The Bertz CT molecular complexity index is 455. The molecule has 5 heteroatoms. The lowest BCUT2D eigenvalue weighted by Crippen LogP contribution is -2.32. The van der Waals surface area contributed by atoms with Gasteiger partial charge >= 0.3 is 5.97 Å². The molecule has 0 aliphatic carbocycles. The molecule has 2 rings (SSSR count). The molecule has 0 radical (unpaired) electrons. The highest BCUT2D eigenvalue weighted by Crippen LogP contribution is 2.13. The van der Waals surface area contributed by atoms with Crippen LogP contribution < -0.4 is 0 Å². The van der Waals surface area contributed by atoms with Crippen molar-refractivity contribution in [3.05, 3.63) is 33.4 Å². The molecule has 1 saturated heterocycles. The Balaban J connectivity index is 1.88. The number of likely N-dealkylation sites (tertiary alicyclic amines) is 1. The van der Waals surface area contributed by atoms with E-state index in [4.69, 9.17) is 4.74 Å². The maximum absolute atomic E-state index is 11.8. The number of hydrogen-bond acceptors (Lipinski definition) is 3. The minimum Gasteiger partial charge on any atom is -0.452 e. The quantitative estimate of drug-likeness (QED) is 0.613. The Labute approximate surface area is 119 Å². The molecular weight excluding hydrogens is 345 g/mol. The highest BCUT2D eigenvalue weighted by Gasteiger charge is 2.20. The van der Waals surface area contributed by atoms with Crippen LogP contribution in [0.1, 0.15) is 23.2 Å². The molecule has 0 aromatic heterocycles. The van der Waals surface area contributed by atoms with Gasteiger partial charge in [0.25, 0.3) is 5.91 Å². The van der Waals surface area contributed by atoms with Crippen LogP contribution in [-0.2, 0) is 9.53 Å². The second-order valence-electron chi connectivity index (χ2n) is 4.14. The average Bonchev–Trinajstić information content (AvgIpc) is 2.90. The minimum atomic E-state index is -0.437. The molecule has 1 heterocycles. The lowest BCUT2D eigenvalue weighted by Gasteiger charge is -2.15. The summed E-state index contributed by atoms with van der Waals surface area (Å²) >= 11 is 2.07. The zero-order valence-corrected chi connectivity index (χ0v) is 12.1. The van der Waals surface area contributed by atoms with Crippen LogP contribution in [0.5, 0.6) is 0 Å². The van der Waals surface area contributed by atoms with Crippen molar-refractivity contribution in [1.29, 1.82) is 0 Å². The number of benzene rings is 1. The molecule has 18 heavy (non-hydrogen) atoms. The highest BCUT2D eigenvalue weighted by atomic mass is 127.